The molecule has 0 unspecified atom stereocenters. The van der Waals surface area contributed by atoms with Crippen LogP contribution in [0.1, 0.15) is 12.0 Å². The van der Waals surface area contributed by atoms with E-state index in [-0.39, 0.29) is 6.61 Å². The van der Waals surface area contributed by atoms with E-state index in [1.54, 1.807) is 6.20 Å². The van der Waals surface area contributed by atoms with Gasteiger partial charge in [-0.05, 0) is 25.0 Å². The molecule has 0 bridgehead atoms. The van der Waals surface area contributed by atoms with Crippen molar-refractivity contribution in [3.8, 4) is 0 Å². The molecule has 0 radical (unpaired) electrons. The van der Waals surface area contributed by atoms with Crippen molar-refractivity contribution in [1.29, 1.82) is 0 Å². The lowest BCUT2D eigenvalue weighted by Gasteiger charge is -2.07. The summed E-state index contributed by atoms with van der Waals surface area (Å²) in [6.45, 7) is 3.86. The summed E-state index contributed by atoms with van der Waals surface area (Å²) in [5.74, 6) is 0.828. The molecule has 5 nitrogen and oxygen atoms in total. The third-order valence-electron chi connectivity index (χ3n) is 2.16. The summed E-state index contributed by atoms with van der Waals surface area (Å²) in [7, 11) is 0. The van der Waals surface area contributed by atoms with Gasteiger partial charge >= 0.3 is 0 Å². The molecular weight excluding hydrogens is 206 g/mol. The number of hydrogen-bond donors (Lipinski definition) is 3. The van der Waals surface area contributed by atoms with Gasteiger partial charge in [-0.15, -0.1) is 0 Å². The lowest BCUT2D eigenvalue weighted by Crippen LogP contribution is -2.08. The monoisotopic (exact) mass is 225 g/mol. The van der Waals surface area contributed by atoms with Gasteiger partial charge in [-0.3, -0.25) is 0 Å². The lowest BCUT2D eigenvalue weighted by atomic mass is 10.2. The number of hydrogen-bond acceptors (Lipinski definition) is 5. The summed E-state index contributed by atoms with van der Waals surface area (Å²) < 4.78 is 5.13. The summed E-state index contributed by atoms with van der Waals surface area (Å²) in [5, 5.41) is 11.7. The first-order chi connectivity index (χ1) is 7.74. The first kappa shape index (κ1) is 12.7. The highest BCUT2D eigenvalue weighted by molar-refractivity contribution is 5.50. The first-order valence-electron chi connectivity index (χ1n) is 5.38. The van der Waals surface area contributed by atoms with E-state index in [1.807, 2.05) is 13.0 Å². The van der Waals surface area contributed by atoms with Crippen LogP contribution < -0.4 is 11.1 Å². The van der Waals surface area contributed by atoms with Crippen molar-refractivity contribution in [1.82, 2.24) is 4.98 Å². The summed E-state index contributed by atoms with van der Waals surface area (Å²) in [5.41, 5.74) is 7.39. The van der Waals surface area contributed by atoms with E-state index in [0.717, 1.165) is 24.3 Å². The second kappa shape index (κ2) is 7.03. The van der Waals surface area contributed by atoms with Gasteiger partial charge in [0.2, 0.25) is 0 Å². The number of nitrogens with zero attached hydrogens (tertiary/aromatic N) is 1. The average molecular weight is 225 g/mol. The number of nitrogen functional groups attached to an aromatic ring is 1. The van der Waals surface area contributed by atoms with Crippen LogP contribution in [0.5, 0.6) is 0 Å². The fourth-order valence-corrected chi connectivity index (χ4v) is 1.22. The smallest absolute Gasteiger partial charge is 0.126 e. The highest BCUT2D eigenvalue weighted by Gasteiger charge is 1.97. The normalized spacial score (nSPS) is 10.4. The van der Waals surface area contributed by atoms with Crippen LogP contribution >= 0.6 is 0 Å². The summed E-state index contributed by atoms with van der Waals surface area (Å²) in [6.07, 6.45) is 2.53. The van der Waals surface area contributed by atoms with Crippen molar-refractivity contribution in [2.45, 2.75) is 13.3 Å². The molecule has 1 heterocycles. The van der Waals surface area contributed by atoms with E-state index < -0.39 is 0 Å². The van der Waals surface area contributed by atoms with E-state index in [9.17, 15) is 0 Å². The highest BCUT2D eigenvalue weighted by Crippen LogP contribution is 2.12. The fraction of sp³-hybridized carbons (Fsp3) is 0.545. The number of nitrogens with two attached hydrogens (primary N) is 1. The summed E-state index contributed by atoms with van der Waals surface area (Å²) in [4.78, 5) is 4.16. The summed E-state index contributed by atoms with van der Waals surface area (Å²) in [6, 6.07) is 1.92. The van der Waals surface area contributed by atoms with Crippen LogP contribution in [0.2, 0.25) is 0 Å². The molecule has 0 aliphatic rings. The Morgan fingerprint density at radius 2 is 2.31 bits per heavy atom. The second-order valence-electron chi connectivity index (χ2n) is 3.54. The zero-order valence-electron chi connectivity index (χ0n) is 9.57. The Morgan fingerprint density at radius 3 is 3.00 bits per heavy atom. The van der Waals surface area contributed by atoms with Gasteiger partial charge in [0, 0.05) is 13.2 Å². The maximum atomic E-state index is 8.49. The number of aryl methyl sites for hydroxylation is 1. The van der Waals surface area contributed by atoms with Crippen LogP contribution in [0.3, 0.4) is 0 Å². The van der Waals surface area contributed by atoms with Gasteiger partial charge in [0.05, 0.1) is 25.1 Å². The molecule has 1 aromatic rings. The number of ether oxygens (including phenoxy) is 1. The van der Waals surface area contributed by atoms with Gasteiger partial charge in [0.1, 0.15) is 5.82 Å². The second-order valence-corrected chi connectivity index (χ2v) is 3.54. The van der Waals surface area contributed by atoms with Crippen LogP contribution in [-0.2, 0) is 4.74 Å². The van der Waals surface area contributed by atoms with Crippen molar-refractivity contribution in [2.75, 3.05) is 37.4 Å². The van der Waals surface area contributed by atoms with E-state index in [1.165, 1.54) is 0 Å². The molecule has 0 saturated carbocycles. The standard InChI is InChI=1S/C11H19N3O2/c1-9-7-11(14-8-10(9)12)13-3-2-5-16-6-4-15/h7-8,15H,2-6,12H2,1H3,(H,13,14). The maximum Gasteiger partial charge on any atom is 0.126 e. The van der Waals surface area contributed by atoms with E-state index in [4.69, 9.17) is 15.6 Å². The molecular formula is C11H19N3O2. The molecule has 0 aliphatic heterocycles. The minimum Gasteiger partial charge on any atom is -0.397 e. The first-order valence-corrected chi connectivity index (χ1v) is 5.38. The predicted octanol–water partition coefficient (Wildman–Crippen LogP) is 0.783. The Hall–Kier alpha value is -1.33. The molecule has 90 valence electrons. The topological polar surface area (TPSA) is 80.4 Å². The number of pyridine rings is 1. The Balaban J connectivity index is 2.19. The number of aromatic nitrogens is 1. The molecule has 1 aromatic heterocycles. The minimum absolute atomic E-state index is 0.0755. The van der Waals surface area contributed by atoms with Gasteiger partial charge in [-0.1, -0.05) is 0 Å². The molecule has 0 aliphatic carbocycles. The van der Waals surface area contributed by atoms with E-state index >= 15 is 0 Å². The largest absolute Gasteiger partial charge is 0.397 e. The van der Waals surface area contributed by atoms with E-state index in [0.29, 0.717) is 18.9 Å². The summed E-state index contributed by atoms with van der Waals surface area (Å²) >= 11 is 0. The minimum atomic E-state index is 0.0755. The van der Waals surface area contributed by atoms with Crippen molar-refractivity contribution >= 4 is 11.5 Å². The van der Waals surface area contributed by atoms with Crippen molar-refractivity contribution in [2.24, 2.45) is 0 Å². The number of aliphatic hydroxyl groups excluding tert-OH is 1. The van der Waals surface area contributed by atoms with Gasteiger partial charge in [-0.25, -0.2) is 4.98 Å². The SMILES string of the molecule is Cc1cc(NCCCOCCO)ncc1N. The van der Waals surface area contributed by atoms with Gasteiger partial charge in [0.25, 0.3) is 0 Å². The van der Waals surface area contributed by atoms with Gasteiger partial charge in [-0.2, -0.15) is 0 Å². The maximum absolute atomic E-state index is 8.49. The molecule has 0 saturated heterocycles. The zero-order chi connectivity index (χ0) is 11.8. The third-order valence-corrected chi connectivity index (χ3v) is 2.16. The van der Waals surface area contributed by atoms with Gasteiger partial charge in [0.15, 0.2) is 0 Å². The molecule has 4 N–H and O–H groups in total. The van der Waals surface area contributed by atoms with Crippen molar-refractivity contribution in [3.05, 3.63) is 17.8 Å². The molecule has 0 spiro atoms. The predicted molar refractivity (Wildman–Crippen MR) is 64.4 cm³/mol. The van der Waals surface area contributed by atoms with Crippen LogP contribution in [0.15, 0.2) is 12.3 Å². The van der Waals surface area contributed by atoms with Crippen LogP contribution in [-0.4, -0.2) is 36.5 Å². The Bertz CT molecular complexity index is 318. The van der Waals surface area contributed by atoms with Crippen LogP contribution in [0.25, 0.3) is 0 Å². The fourth-order valence-electron chi connectivity index (χ4n) is 1.22. The number of anilines is 2. The molecule has 0 aromatic carbocycles. The number of nitrogens with one attached hydrogen (secondary N) is 1. The third kappa shape index (κ3) is 4.46. The molecule has 0 fully saturated rings. The quantitative estimate of drug-likeness (QED) is 0.598. The van der Waals surface area contributed by atoms with Crippen LogP contribution in [0, 0.1) is 6.92 Å². The Morgan fingerprint density at radius 1 is 1.50 bits per heavy atom. The molecule has 0 amide bonds. The van der Waals surface area contributed by atoms with E-state index in [2.05, 4.69) is 10.3 Å². The Kier molecular flexibility index (Phi) is 5.60. The molecule has 5 heteroatoms. The van der Waals surface area contributed by atoms with Crippen molar-refractivity contribution < 1.29 is 9.84 Å². The number of rotatable bonds is 7. The molecule has 16 heavy (non-hydrogen) atoms. The molecule has 1 rings (SSSR count). The van der Waals surface area contributed by atoms with Crippen molar-refractivity contribution in [3.63, 3.8) is 0 Å². The van der Waals surface area contributed by atoms with Gasteiger partial charge < -0.3 is 20.9 Å². The Labute approximate surface area is 95.6 Å². The lowest BCUT2D eigenvalue weighted by molar-refractivity contribution is 0.0922. The number of aliphatic hydroxyl groups is 1. The van der Waals surface area contributed by atoms with Crippen LogP contribution in [0.4, 0.5) is 11.5 Å². The molecule has 0 atom stereocenters. The zero-order valence-corrected chi connectivity index (χ0v) is 9.57. The average Bonchev–Trinajstić information content (AvgIpc) is 2.28. The highest BCUT2D eigenvalue weighted by atomic mass is 16.5.